The van der Waals surface area contributed by atoms with E-state index in [4.69, 9.17) is 19.2 Å². The smallest absolute Gasteiger partial charge is 0.137 e. The van der Waals surface area contributed by atoms with Gasteiger partial charge in [0.2, 0.25) is 0 Å². The van der Waals surface area contributed by atoms with Crippen LogP contribution in [0, 0.1) is 11.3 Å². The van der Waals surface area contributed by atoms with E-state index in [0.29, 0.717) is 43.1 Å². The summed E-state index contributed by atoms with van der Waals surface area (Å²) in [7, 11) is 1.78. The first-order valence-corrected chi connectivity index (χ1v) is 12.6. The molecule has 1 aromatic heterocycles. The van der Waals surface area contributed by atoms with Gasteiger partial charge in [-0.1, -0.05) is 24.3 Å². The molecular formula is C29H32N4O3. The highest BCUT2D eigenvalue weighted by Gasteiger charge is 2.30. The Bertz CT molecular complexity index is 1210. The predicted octanol–water partition coefficient (Wildman–Crippen LogP) is 4.56. The molecule has 2 aromatic carbocycles. The van der Waals surface area contributed by atoms with Crippen molar-refractivity contribution >= 4 is 0 Å². The van der Waals surface area contributed by atoms with Crippen molar-refractivity contribution < 1.29 is 14.2 Å². The SMILES string of the molecule is COC1CN(C(C)c2ccc(Cc3nccc(-c4ccc(OC5CCOCC5)c(C#N)c4)n3)cc2)C1. The molecule has 7 heteroatoms. The van der Waals surface area contributed by atoms with E-state index in [1.165, 1.54) is 11.1 Å². The van der Waals surface area contributed by atoms with E-state index in [-0.39, 0.29) is 6.10 Å². The molecule has 0 bridgehead atoms. The van der Waals surface area contributed by atoms with Gasteiger partial charge in [-0.3, -0.25) is 4.90 Å². The van der Waals surface area contributed by atoms with Crippen molar-refractivity contribution in [3.63, 3.8) is 0 Å². The predicted molar refractivity (Wildman–Crippen MR) is 137 cm³/mol. The number of hydrogen-bond donors (Lipinski definition) is 0. The molecule has 3 aromatic rings. The lowest BCUT2D eigenvalue weighted by Crippen LogP contribution is -2.52. The first-order chi connectivity index (χ1) is 17.6. The van der Waals surface area contributed by atoms with E-state index in [1.54, 1.807) is 13.3 Å². The molecule has 0 amide bonds. The monoisotopic (exact) mass is 484 g/mol. The number of hydrogen-bond acceptors (Lipinski definition) is 7. The zero-order valence-corrected chi connectivity index (χ0v) is 20.9. The lowest BCUT2D eigenvalue weighted by Gasteiger charge is -2.42. The number of ether oxygens (including phenoxy) is 3. The molecule has 2 aliphatic rings. The molecule has 5 rings (SSSR count). The average Bonchev–Trinajstić information content (AvgIpc) is 2.89. The second kappa shape index (κ2) is 11.2. The van der Waals surface area contributed by atoms with Gasteiger partial charge in [0, 0.05) is 57.3 Å². The van der Waals surface area contributed by atoms with Crippen molar-refractivity contribution in [1.82, 2.24) is 14.9 Å². The lowest BCUT2D eigenvalue weighted by atomic mass is 10.00. The summed E-state index contributed by atoms with van der Waals surface area (Å²) in [4.78, 5) is 11.7. The molecule has 1 unspecified atom stereocenters. The number of benzene rings is 2. The van der Waals surface area contributed by atoms with Gasteiger partial charge in [0.15, 0.2) is 0 Å². The fourth-order valence-corrected chi connectivity index (χ4v) is 4.74. The minimum Gasteiger partial charge on any atom is -0.489 e. The Kier molecular flexibility index (Phi) is 7.57. The third kappa shape index (κ3) is 5.57. The summed E-state index contributed by atoms with van der Waals surface area (Å²) >= 11 is 0. The van der Waals surface area contributed by atoms with Crippen LogP contribution in [0.4, 0.5) is 0 Å². The van der Waals surface area contributed by atoms with Gasteiger partial charge in [-0.15, -0.1) is 0 Å². The van der Waals surface area contributed by atoms with E-state index >= 15 is 0 Å². The second-order valence-corrected chi connectivity index (χ2v) is 9.52. The summed E-state index contributed by atoms with van der Waals surface area (Å²) in [6, 6.07) is 18.9. The van der Waals surface area contributed by atoms with Crippen LogP contribution in [-0.4, -0.2) is 60.5 Å². The number of methoxy groups -OCH3 is 1. The Morgan fingerprint density at radius 1 is 1.08 bits per heavy atom. The maximum absolute atomic E-state index is 9.71. The van der Waals surface area contributed by atoms with E-state index in [0.717, 1.165) is 43.0 Å². The van der Waals surface area contributed by atoms with Crippen molar-refractivity contribution in [3.05, 3.63) is 77.2 Å². The topological polar surface area (TPSA) is 80.5 Å². The zero-order valence-electron chi connectivity index (χ0n) is 20.9. The molecule has 2 aliphatic heterocycles. The van der Waals surface area contributed by atoms with Crippen LogP contribution in [-0.2, 0) is 15.9 Å². The van der Waals surface area contributed by atoms with Crippen LogP contribution in [0.2, 0.25) is 0 Å². The second-order valence-electron chi connectivity index (χ2n) is 9.52. The molecule has 3 heterocycles. The van der Waals surface area contributed by atoms with E-state index in [9.17, 15) is 5.26 Å². The molecule has 186 valence electrons. The molecule has 0 N–H and O–H groups in total. The van der Waals surface area contributed by atoms with Gasteiger partial charge in [-0.25, -0.2) is 9.97 Å². The van der Waals surface area contributed by atoms with Gasteiger partial charge in [-0.05, 0) is 42.3 Å². The number of rotatable bonds is 8. The largest absolute Gasteiger partial charge is 0.489 e. The van der Waals surface area contributed by atoms with Crippen molar-refractivity contribution in [2.45, 2.75) is 44.4 Å². The first-order valence-electron chi connectivity index (χ1n) is 12.6. The van der Waals surface area contributed by atoms with Crippen LogP contribution in [0.3, 0.4) is 0 Å². The molecule has 1 atom stereocenters. The van der Waals surface area contributed by atoms with Crippen molar-refractivity contribution in [2.24, 2.45) is 0 Å². The van der Waals surface area contributed by atoms with Crippen LogP contribution in [0.1, 0.15) is 48.3 Å². The maximum Gasteiger partial charge on any atom is 0.137 e. The Labute approximate surface area is 212 Å². The first kappa shape index (κ1) is 24.4. The lowest BCUT2D eigenvalue weighted by molar-refractivity contribution is -0.0479. The normalized spacial score (nSPS) is 17.8. The van der Waals surface area contributed by atoms with Crippen LogP contribution in [0.25, 0.3) is 11.3 Å². The van der Waals surface area contributed by atoms with Crippen LogP contribution >= 0.6 is 0 Å². The zero-order chi connectivity index (χ0) is 24.9. The minimum absolute atomic E-state index is 0.0879. The van der Waals surface area contributed by atoms with Gasteiger partial charge in [0.05, 0.1) is 30.6 Å². The fourth-order valence-electron chi connectivity index (χ4n) is 4.74. The molecule has 0 radical (unpaired) electrons. The molecule has 7 nitrogen and oxygen atoms in total. The van der Waals surface area contributed by atoms with Gasteiger partial charge < -0.3 is 14.2 Å². The average molecular weight is 485 g/mol. The summed E-state index contributed by atoms with van der Waals surface area (Å²) in [5, 5.41) is 9.71. The van der Waals surface area contributed by atoms with Crippen LogP contribution in [0.5, 0.6) is 5.75 Å². The number of nitriles is 1. The summed E-state index contributed by atoms with van der Waals surface area (Å²) in [5.41, 5.74) is 4.66. The standard InChI is InChI=1S/C29H32N4O3/c1-20(33-18-26(19-33)34-2)22-5-3-21(4-6-22)15-29-31-12-9-27(32-29)23-7-8-28(24(16-23)17-30)36-25-10-13-35-14-11-25/h3-9,12,16,20,25-26H,10-11,13-15,18-19H2,1-2H3. The fraction of sp³-hybridized carbons (Fsp3) is 0.414. The van der Waals surface area contributed by atoms with Crippen molar-refractivity contribution in [1.29, 1.82) is 5.26 Å². The molecule has 0 spiro atoms. The molecule has 36 heavy (non-hydrogen) atoms. The third-order valence-corrected chi connectivity index (χ3v) is 7.14. The van der Waals surface area contributed by atoms with Crippen LogP contribution < -0.4 is 4.74 Å². The Morgan fingerprint density at radius 2 is 1.86 bits per heavy atom. The number of nitrogens with zero attached hydrogens (tertiary/aromatic N) is 4. The molecular weight excluding hydrogens is 452 g/mol. The van der Waals surface area contributed by atoms with Crippen molar-refractivity contribution in [2.75, 3.05) is 33.4 Å². The maximum atomic E-state index is 9.71. The number of aromatic nitrogens is 2. The van der Waals surface area contributed by atoms with E-state index < -0.39 is 0 Å². The van der Waals surface area contributed by atoms with E-state index in [1.807, 2.05) is 24.3 Å². The van der Waals surface area contributed by atoms with E-state index in [2.05, 4.69) is 47.1 Å². The van der Waals surface area contributed by atoms with Crippen LogP contribution in [0.15, 0.2) is 54.7 Å². The van der Waals surface area contributed by atoms with Gasteiger partial charge in [0.25, 0.3) is 0 Å². The summed E-state index contributed by atoms with van der Waals surface area (Å²) in [6.45, 7) is 5.60. The Hall–Kier alpha value is -3.31. The quantitative estimate of drug-likeness (QED) is 0.464. The molecule has 2 fully saturated rings. The highest BCUT2D eigenvalue weighted by molar-refractivity contribution is 5.64. The van der Waals surface area contributed by atoms with Gasteiger partial charge >= 0.3 is 0 Å². The van der Waals surface area contributed by atoms with Gasteiger partial charge in [0.1, 0.15) is 23.7 Å². The summed E-state index contributed by atoms with van der Waals surface area (Å²) < 4.78 is 16.9. The highest BCUT2D eigenvalue weighted by atomic mass is 16.5. The molecule has 0 saturated carbocycles. The summed E-state index contributed by atoms with van der Waals surface area (Å²) in [6.07, 6.45) is 4.56. The molecule has 2 saturated heterocycles. The third-order valence-electron chi connectivity index (χ3n) is 7.14. The highest BCUT2D eigenvalue weighted by Crippen LogP contribution is 2.29. The Morgan fingerprint density at radius 3 is 2.58 bits per heavy atom. The molecule has 0 aliphatic carbocycles. The Balaban J connectivity index is 1.26. The summed E-state index contributed by atoms with van der Waals surface area (Å²) in [5.74, 6) is 1.37. The number of likely N-dealkylation sites (tertiary alicyclic amines) is 1. The van der Waals surface area contributed by atoms with Crippen molar-refractivity contribution in [3.8, 4) is 23.1 Å². The van der Waals surface area contributed by atoms with Gasteiger partial charge in [-0.2, -0.15) is 5.26 Å². The minimum atomic E-state index is 0.0879.